The lowest BCUT2D eigenvalue weighted by atomic mass is 10.0. The molecule has 0 aliphatic rings. The van der Waals surface area contributed by atoms with Gasteiger partial charge in [-0.15, -0.1) is 0 Å². The second-order valence-electron chi connectivity index (χ2n) is 12.9. The maximum atomic E-state index is 10.8. The van der Waals surface area contributed by atoms with Crippen LogP contribution in [0.2, 0.25) is 0 Å². The van der Waals surface area contributed by atoms with Gasteiger partial charge in [-0.3, -0.25) is 0 Å². The number of nitriles is 1. The van der Waals surface area contributed by atoms with E-state index < -0.39 is 0 Å². The molecule has 0 atom stereocenters. The molecule has 0 aliphatic heterocycles. The van der Waals surface area contributed by atoms with Gasteiger partial charge in [0.1, 0.15) is 0 Å². The molecule has 0 unspecified atom stereocenters. The Labute approximate surface area is 301 Å². The summed E-state index contributed by atoms with van der Waals surface area (Å²) >= 11 is 0. The van der Waals surface area contributed by atoms with E-state index in [-0.39, 0.29) is 0 Å². The number of hydrogen-bond acceptors (Lipinski definition) is 1. The summed E-state index contributed by atoms with van der Waals surface area (Å²) in [5.41, 5.74) is 9.71. The minimum atomic E-state index is 0.339. The van der Waals surface area contributed by atoms with Crippen LogP contribution in [0.15, 0.2) is 182 Å². The number of fused-ring (bicyclic) bond motifs is 8. The average molecular weight is 663 g/mol. The van der Waals surface area contributed by atoms with Gasteiger partial charge in [0, 0.05) is 27.2 Å². The summed E-state index contributed by atoms with van der Waals surface area (Å²) in [7, 11) is 0. The fourth-order valence-electron chi connectivity index (χ4n) is 7.66. The Kier molecular flexibility index (Phi) is 7.36. The molecule has 9 aromatic rings. The molecule has 0 saturated carbocycles. The van der Waals surface area contributed by atoms with Crippen LogP contribution >= 0.6 is 0 Å². The summed E-state index contributed by atoms with van der Waals surface area (Å²) in [4.78, 5) is 3.75. The van der Waals surface area contributed by atoms with Crippen molar-refractivity contribution in [2.75, 3.05) is 0 Å². The van der Waals surface area contributed by atoms with Gasteiger partial charge in [-0.2, -0.15) is 5.26 Å². The highest BCUT2D eigenvalue weighted by Gasteiger charge is 2.20. The molecule has 52 heavy (non-hydrogen) atoms. The number of para-hydroxylation sites is 1. The highest BCUT2D eigenvalue weighted by atomic mass is 15.0. The number of aromatic nitrogens is 2. The van der Waals surface area contributed by atoms with Crippen molar-refractivity contribution < 1.29 is 0 Å². The van der Waals surface area contributed by atoms with Crippen LogP contribution in [0.1, 0.15) is 0 Å². The number of rotatable bonds is 6. The molecule has 2 heterocycles. The second-order valence-corrected chi connectivity index (χ2v) is 12.9. The van der Waals surface area contributed by atoms with Crippen LogP contribution < -0.4 is 0 Å². The minimum absolute atomic E-state index is 0.339. The molecule has 242 valence electrons. The largest absolute Gasteiger partial charge is 0.318 e. The molecule has 0 N–H and O–H groups in total. The van der Waals surface area contributed by atoms with Crippen molar-refractivity contribution in [1.82, 2.24) is 9.13 Å². The normalized spacial score (nSPS) is 12.1. The van der Waals surface area contributed by atoms with E-state index in [4.69, 9.17) is 6.57 Å². The third-order valence-electron chi connectivity index (χ3n) is 9.96. The van der Waals surface area contributed by atoms with Crippen LogP contribution in [0.25, 0.3) is 92.9 Å². The van der Waals surface area contributed by atoms with Gasteiger partial charge >= 0.3 is 0 Å². The summed E-state index contributed by atoms with van der Waals surface area (Å²) < 4.78 is 4.17. The zero-order valence-electron chi connectivity index (χ0n) is 28.2. The lowest BCUT2D eigenvalue weighted by Gasteiger charge is -2.14. The number of hydrogen-bond donors (Lipinski definition) is 0. The summed E-state index contributed by atoms with van der Waals surface area (Å²) in [6.07, 6.45) is 3.27. The highest BCUT2D eigenvalue weighted by molar-refractivity contribution is 6.22. The van der Waals surface area contributed by atoms with Gasteiger partial charge < -0.3 is 9.13 Å². The minimum Gasteiger partial charge on any atom is -0.318 e. The quantitative estimate of drug-likeness (QED) is 0.0992. The van der Waals surface area contributed by atoms with Crippen LogP contribution in [0.3, 0.4) is 0 Å². The van der Waals surface area contributed by atoms with Crippen LogP contribution in [-0.4, -0.2) is 9.13 Å². The van der Waals surface area contributed by atoms with Gasteiger partial charge in [0.2, 0.25) is 0 Å². The molecule has 4 heteroatoms. The summed E-state index contributed by atoms with van der Waals surface area (Å²) in [5, 5.41) is 17.5. The standard InChI is InChI=1S/C48H30N4/c1-32(51-43-20-12-11-19-40(43)48-39-18-10-9-17-35(39)21-26-46(48)51)27-38(30-49)47(31-50-2)52-44-24-22-36(33-13-5-3-6-14-33)28-41(44)42-29-37(23-25-45(42)52)34-15-7-4-8-16-34/h3-29,31H,1H2/b38-27-,47-31-. The van der Waals surface area contributed by atoms with E-state index >= 15 is 0 Å². The maximum absolute atomic E-state index is 10.8. The van der Waals surface area contributed by atoms with E-state index in [9.17, 15) is 5.26 Å². The van der Waals surface area contributed by atoms with Crippen molar-refractivity contribution in [2.45, 2.75) is 0 Å². The van der Waals surface area contributed by atoms with Crippen molar-refractivity contribution in [3.63, 3.8) is 0 Å². The molecule has 4 nitrogen and oxygen atoms in total. The van der Waals surface area contributed by atoms with Crippen molar-refractivity contribution in [3.05, 3.63) is 194 Å². The third kappa shape index (κ3) is 4.90. The Morgan fingerprint density at radius 3 is 1.71 bits per heavy atom. The van der Waals surface area contributed by atoms with E-state index in [2.05, 4.69) is 137 Å². The van der Waals surface area contributed by atoms with Crippen LogP contribution in [0.4, 0.5) is 0 Å². The Morgan fingerprint density at radius 1 is 0.558 bits per heavy atom. The Hall–Kier alpha value is -7.40. The maximum Gasteiger partial charge on any atom is 0.178 e. The van der Waals surface area contributed by atoms with Gasteiger partial charge in [0.15, 0.2) is 6.20 Å². The van der Waals surface area contributed by atoms with Crippen LogP contribution in [0.5, 0.6) is 0 Å². The zero-order valence-corrected chi connectivity index (χ0v) is 28.2. The highest BCUT2D eigenvalue weighted by Crippen LogP contribution is 2.40. The number of nitrogens with zero attached hydrogens (tertiary/aromatic N) is 4. The first-order valence-corrected chi connectivity index (χ1v) is 17.1. The first-order chi connectivity index (χ1) is 25.6. The fourth-order valence-corrected chi connectivity index (χ4v) is 7.66. The SMILES string of the molecule is [C-]#[N+]/C=C(/C(C#N)=C\C(=C)n1c2ccccc2c2c3ccccc3ccc21)n1c2ccc(-c3ccccc3)cc2c2cc(-c3ccccc3)ccc21. The van der Waals surface area contributed by atoms with Crippen molar-refractivity contribution in [3.8, 4) is 28.3 Å². The molecule has 0 radical (unpaired) electrons. The van der Waals surface area contributed by atoms with E-state index in [1.807, 2.05) is 53.1 Å². The first kappa shape index (κ1) is 30.6. The monoisotopic (exact) mass is 662 g/mol. The van der Waals surface area contributed by atoms with Crippen molar-refractivity contribution >= 4 is 65.8 Å². The van der Waals surface area contributed by atoms with Gasteiger partial charge in [-0.25, -0.2) is 4.85 Å². The average Bonchev–Trinajstić information content (AvgIpc) is 3.72. The molecule has 0 aliphatic carbocycles. The molecule has 2 aromatic heterocycles. The van der Waals surface area contributed by atoms with E-state index in [1.165, 1.54) is 6.20 Å². The summed E-state index contributed by atoms with van der Waals surface area (Å²) in [6, 6.07) is 56.9. The molecule has 9 rings (SSSR count). The predicted octanol–water partition coefficient (Wildman–Crippen LogP) is 12.7. The fraction of sp³-hybridized carbons (Fsp3) is 0. The van der Waals surface area contributed by atoms with Crippen LogP contribution in [-0.2, 0) is 0 Å². The number of benzene rings is 7. The van der Waals surface area contributed by atoms with E-state index in [0.29, 0.717) is 17.0 Å². The molecule has 7 aromatic carbocycles. The third-order valence-corrected chi connectivity index (χ3v) is 9.96. The van der Waals surface area contributed by atoms with Gasteiger partial charge in [-0.05, 0) is 75.5 Å². The van der Waals surface area contributed by atoms with E-state index in [1.54, 1.807) is 0 Å². The molecule has 0 saturated heterocycles. The predicted molar refractivity (Wildman–Crippen MR) is 217 cm³/mol. The molecule has 0 fully saturated rings. The van der Waals surface area contributed by atoms with Gasteiger partial charge in [0.25, 0.3) is 0 Å². The Bertz CT molecular complexity index is 2940. The number of allylic oxidation sites excluding steroid dienone is 4. The van der Waals surface area contributed by atoms with Crippen molar-refractivity contribution in [1.29, 1.82) is 5.26 Å². The van der Waals surface area contributed by atoms with E-state index in [0.717, 1.165) is 76.6 Å². The Morgan fingerprint density at radius 2 is 1.10 bits per heavy atom. The topological polar surface area (TPSA) is 38.0 Å². The lowest BCUT2D eigenvalue weighted by Crippen LogP contribution is -2.01. The Balaban J connectivity index is 1.26. The smallest absolute Gasteiger partial charge is 0.178 e. The molecular weight excluding hydrogens is 633 g/mol. The van der Waals surface area contributed by atoms with Crippen LogP contribution in [0, 0.1) is 17.9 Å². The second kappa shape index (κ2) is 12.5. The lowest BCUT2D eigenvalue weighted by molar-refractivity contribution is 1.20. The zero-order chi connectivity index (χ0) is 35.2. The van der Waals surface area contributed by atoms with Gasteiger partial charge in [-0.1, -0.05) is 128 Å². The molecular formula is C48H30N4. The molecule has 0 spiro atoms. The summed E-state index contributed by atoms with van der Waals surface area (Å²) in [5.74, 6) is 0. The summed E-state index contributed by atoms with van der Waals surface area (Å²) in [6.45, 7) is 12.5. The van der Waals surface area contributed by atoms with Gasteiger partial charge in [0.05, 0.1) is 46.0 Å². The molecule has 0 amide bonds. The molecule has 0 bridgehead atoms. The first-order valence-electron chi connectivity index (χ1n) is 17.1. The van der Waals surface area contributed by atoms with Crippen molar-refractivity contribution in [2.24, 2.45) is 0 Å².